The van der Waals surface area contributed by atoms with Crippen molar-refractivity contribution in [2.24, 2.45) is 7.05 Å². The molecule has 0 radical (unpaired) electrons. The van der Waals surface area contributed by atoms with Crippen molar-refractivity contribution in [2.45, 2.75) is 46.1 Å². The fourth-order valence-electron chi connectivity index (χ4n) is 3.86. The van der Waals surface area contributed by atoms with Crippen molar-refractivity contribution < 1.29 is 9.32 Å². The van der Waals surface area contributed by atoms with Crippen LogP contribution in [0.1, 0.15) is 58.6 Å². The van der Waals surface area contributed by atoms with Gasteiger partial charge in [-0.15, -0.1) is 0 Å². The Labute approximate surface area is 163 Å². The monoisotopic (exact) mass is 380 g/mol. The minimum atomic E-state index is -0.152. The molecule has 0 N–H and O–H groups in total. The largest absolute Gasteiger partial charge is 0.361 e. The van der Waals surface area contributed by atoms with Gasteiger partial charge in [0.15, 0.2) is 5.82 Å². The highest BCUT2D eigenvalue weighted by atomic mass is 16.5. The average molecular weight is 380 g/mol. The first-order valence-corrected chi connectivity index (χ1v) is 9.52. The van der Waals surface area contributed by atoms with Gasteiger partial charge in [0, 0.05) is 25.5 Å². The van der Waals surface area contributed by atoms with E-state index in [1.165, 1.54) is 0 Å². The zero-order valence-electron chi connectivity index (χ0n) is 16.6. The van der Waals surface area contributed by atoms with E-state index >= 15 is 0 Å². The van der Waals surface area contributed by atoms with Crippen LogP contribution in [0.25, 0.3) is 11.3 Å². The van der Waals surface area contributed by atoms with Crippen molar-refractivity contribution in [3.05, 3.63) is 47.0 Å². The molecule has 8 nitrogen and oxygen atoms in total. The van der Waals surface area contributed by atoms with Crippen molar-refractivity contribution >= 4 is 5.91 Å². The summed E-state index contributed by atoms with van der Waals surface area (Å²) in [6.07, 6.45) is 6.22. The molecule has 1 fully saturated rings. The van der Waals surface area contributed by atoms with E-state index in [2.05, 4.69) is 15.2 Å². The van der Waals surface area contributed by atoms with Gasteiger partial charge in [0.25, 0.3) is 5.91 Å². The third-order valence-corrected chi connectivity index (χ3v) is 5.17. The SMILES string of the molecule is Cc1cc(-c2c(C)noc2C)nc([C@@H]2CCCCN2C(=O)c2cnn(C)c2)n1. The molecule has 1 aliphatic heterocycles. The van der Waals surface area contributed by atoms with E-state index in [0.717, 1.165) is 47.7 Å². The molecule has 4 heterocycles. The van der Waals surface area contributed by atoms with Crippen molar-refractivity contribution in [3.8, 4) is 11.3 Å². The molecule has 1 aliphatic rings. The molecule has 0 aromatic carbocycles. The van der Waals surface area contributed by atoms with Gasteiger partial charge in [-0.1, -0.05) is 5.16 Å². The van der Waals surface area contributed by atoms with Crippen LogP contribution in [0.3, 0.4) is 0 Å². The highest BCUT2D eigenvalue weighted by Crippen LogP contribution is 2.33. The molecule has 0 aliphatic carbocycles. The second-order valence-corrected chi connectivity index (χ2v) is 7.36. The van der Waals surface area contributed by atoms with E-state index in [-0.39, 0.29) is 11.9 Å². The normalized spacial score (nSPS) is 17.1. The standard InChI is InChI=1S/C20H24N6O2/c1-12-9-16(18-13(2)24-28-14(18)3)23-19(22-12)17-7-5-6-8-26(17)20(27)15-10-21-25(4)11-15/h9-11,17H,5-8H2,1-4H3/t17-/m0/s1. The number of aromatic nitrogens is 5. The van der Waals surface area contributed by atoms with Gasteiger partial charge < -0.3 is 9.42 Å². The average Bonchev–Trinajstić information content (AvgIpc) is 3.26. The maximum atomic E-state index is 13.1. The Morgan fingerprint density at radius 1 is 1.21 bits per heavy atom. The highest BCUT2D eigenvalue weighted by molar-refractivity contribution is 5.94. The number of nitrogens with zero attached hydrogens (tertiary/aromatic N) is 6. The molecule has 1 saturated heterocycles. The Kier molecular flexibility index (Phi) is 4.70. The summed E-state index contributed by atoms with van der Waals surface area (Å²) in [5.74, 6) is 1.38. The molecule has 146 valence electrons. The molecule has 4 rings (SSSR count). The van der Waals surface area contributed by atoms with E-state index in [0.29, 0.717) is 17.9 Å². The highest BCUT2D eigenvalue weighted by Gasteiger charge is 2.32. The Balaban J connectivity index is 1.73. The number of piperidine rings is 1. The summed E-state index contributed by atoms with van der Waals surface area (Å²) in [6.45, 7) is 6.42. The lowest BCUT2D eigenvalue weighted by molar-refractivity contribution is 0.0599. The minimum absolute atomic E-state index is 0.0261. The van der Waals surface area contributed by atoms with Crippen LogP contribution in [-0.2, 0) is 7.05 Å². The Morgan fingerprint density at radius 2 is 2.04 bits per heavy atom. The lowest BCUT2D eigenvalue weighted by Crippen LogP contribution is -2.39. The molecule has 1 amide bonds. The number of rotatable bonds is 3. The zero-order valence-corrected chi connectivity index (χ0v) is 16.6. The molecule has 3 aromatic rings. The van der Waals surface area contributed by atoms with Gasteiger partial charge in [0.1, 0.15) is 5.76 Å². The van der Waals surface area contributed by atoms with Crippen LogP contribution in [-0.4, -0.2) is 42.3 Å². The fraction of sp³-hybridized carbons (Fsp3) is 0.450. The first kappa shape index (κ1) is 18.3. The summed E-state index contributed by atoms with van der Waals surface area (Å²) in [7, 11) is 1.81. The fourth-order valence-corrected chi connectivity index (χ4v) is 3.86. The van der Waals surface area contributed by atoms with Gasteiger partial charge in [-0.3, -0.25) is 9.48 Å². The molecule has 3 aromatic heterocycles. The Hall–Kier alpha value is -3.03. The first-order valence-electron chi connectivity index (χ1n) is 9.52. The molecular weight excluding hydrogens is 356 g/mol. The maximum Gasteiger partial charge on any atom is 0.257 e. The molecule has 1 atom stereocenters. The molecular formula is C20H24N6O2. The zero-order chi connectivity index (χ0) is 19.8. The molecule has 0 saturated carbocycles. The van der Waals surface area contributed by atoms with E-state index < -0.39 is 0 Å². The van der Waals surface area contributed by atoms with Crippen LogP contribution in [0.4, 0.5) is 0 Å². The first-order chi connectivity index (χ1) is 13.4. The molecule has 0 spiro atoms. The van der Waals surface area contributed by atoms with Crippen molar-refractivity contribution in [3.63, 3.8) is 0 Å². The van der Waals surface area contributed by atoms with Crippen LogP contribution >= 0.6 is 0 Å². The van der Waals surface area contributed by atoms with Crippen molar-refractivity contribution in [1.82, 2.24) is 29.8 Å². The summed E-state index contributed by atoms with van der Waals surface area (Å²) in [6, 6.07) is 1.78. The van der Waals surface area contributed by atoms with Gasteiger partial charge >= 0.3 is 0 Å². The predicted octanol–water partition coefficient (Wildman–Crippen LogP) is 3.16. The Morgan fingerprint density at radius 3 is 2.71 bits per heavy atom. The number of carbonyl (C=O) groups is 1. The number of carbonyl (C=O) groups excluding carboxylic acids is 1. The topological polar surface area (TPSA) is 89.9 Å². The summed E-state index contributed by atoms with van der Waals surface area (Å²) >= 11 is 0. The van der Waals surface area contributed by atoms with E-state index in [4.69, 9.17) is 9.51 Å². The van der Waals surface area contributed by atoms with Crippen molar-refractivity contribution in [2.75, 3.05) is 6.54 Å². The predicted molar refractivity (Wildman–Crippen MR) is 103 cm³/mol. The molecule has 28 heavy (non-hydrogen) atoms. The maximum absolute atomic E-state index is 13.1. The van der Waals surface area contributed by atoms with E-state index in [1.54, 1.807) is 17.1 Å². The summed E-state index contributed by atoms with van der Waals surface area (Å²) in [5.41, 5.74) is 3.94. The summed E-state index contributed by atoms with van der Waals surface area (Å²) in [4.78, 5) is 24.5. The van der Waals surface area contributed by atoms with Crippen LogP contribution in [0, 0.1) is 20.8 Å². The van der Waals surface area contributed by atoms with Crippen molar-refractivity contribution in [1.29, 1.82) is 0 Å². The smallest absolute Gasteiger partial charge is 0.257 e. The number of amides is 1. The molecule has 8 heteroatoms. The molecule has 0 unspecified atom stereocenters. The van der Waals surface area contributed by atoms with Crippen LogP contribution in [0.2, 0.25) is 0 Å². The number of likely N-dealkylation sites (tertiary alicyclic amines) is 1. The lowest BCUT2D eigenvalue weighted by Gasteiger charge is -2.34. The van der Waals surface area contributed by atoms with Crippen LogP contribution in [0.15, 0.2) is 23.0 Å². The second kappa shape index (κ2) is 7.18. The summed E-state index contributed by atoms with van der Waals surface area (Å²) in [5, 5.41) is 8.17. The van der Waals surface area contributed by atoms with Gasteiger partial charge in [-0.25, -0.2) is 9.97 Å². The van der Waals surface area contributed by atoms with Gasteiger partial charge in [0.2, 0.25) is 0 Å². The van der Waals surface area contributed by atoms with E-state index in [1.807, 2.05) is 38.8 Å². The van der Waals surface area contributed by atoms with E-state index in [9.17, 15) is 4.79 Å². The number of hydrogen-bond donors (Lipinski definition) is 0. The Bertz CT molecular complexity index is 1000. The number of hydrogen-bond acceptors (Lipinski definition) is 6. The third kappa shape index (κ3) is 3.30. The van der Waals surface area contributed by atoms with Gasteiger partial charge in [0.05, 0.1) is 34.8 Å². The minimum Gasteiger partial charge on any atom is -0.361 e. The lowest BCUT2D eigenvalue weighted by atomic mass is 10.00. The van der Waals surface area contributed by atoms with Crippen LogP contribution in [0.5, 0.6) is 0 Å². The number of aryl methyl sites for hydroxylation is 4. The second-order valence-electron chi connectivity index (χ2n) is 7.36. The van der Waals surface area contributed by atoms with Gasteiger partial charge in [-0.05, 0) is 46.1 Å². The quantitative estimate of drug-likeness (QED) is 0.693. The van der Waals surface area contributed by atoms with Crippen LogP contribution < -0.4 is 0 Å². The molecule has 0 bridgehead atoms. The third-order valence-electron chi connectivity index (χ3n) is 5.17. The van der Waals surface area contributed by atoms with Gasteiger partial charge in [-0.2, -0.15) is 5.10 Å². The summed E-state index contributed by atoms with van der Waals surface area (Å²) < 4.78 is 6.95.